The summed E-state index contributed by atoms with van der Waals surface area (Å²) in [6.07, 6.45) is 1.61. The molecule has 1 amide bonds. The van der Waals surface area contributed by atoms with Crippen molar-refractivity contribution < 1.29 is 14.3 Å². The van der Waals surface area contributed by atoms with Crippen molar-refractivity contribution in [2.75, 3.05) is 7.11 Å². The SMILES string of the molecule is COC(=O)C(Cc1ccc(-c2cn(C)c(=O)n(C)c2=O)cc1)NC(=O)c1c(Cl)cccc1Cl. The fraction of sp³-hybridized carbons (Fsp3) is 0.217. The van der Waals surface area contributed by atoms with Gasteiger partial charge in [0, 0.05) is 26.7 Å². The molecule has 0 saturated heterocycles. The summed E-state index contributed by atoms with van der Waals surface area (Å²) in [4.78, 5) is 49.4. The third-order valence-electron chi connectivity index (χ3n) is 5.13. The number of benzene rings is 2. The molecule has 2 aromatic carbocycles. The molecule has 0 saturated carbocycles. The summed E-state index contributed by atoms with van der Waals surface area (Å²) in [5.74, 6) is -1.24. The summed E-state index contributed by atoms with van der Waals surface area (Å²) in [5.41, 5.74) is 0.906. The van der Waals surface area contributed by atoms with E-state index < -0.39 is 29.2 Å². The molecule has 0 aliphatic heterocycles. The number of hydrogen-bond donors (Lipinski definition) is 1. The van der Waals surface area contributed by atoms with Crippen LogP contribution in [0.2, 0.25) is 10.0 Å². The normalized spacial score (nSPS) is 11.7. The second kappa shape index (κ2) is 10.1. The molecular weight excluding hydrogens is 469 g/mol. The molecule has 0 fully saturated rings. The monoisotopic (exact) mass is 489 g/mol. The first-order chi connectivity index (χ1) is 15.6. The number of aryl methyl sites for hydroxylation is 1. The van der Waals surface area contributed by atoms with E-state index in [0.717, 1.165) is 4.57 Å². The molecule has 172 valence electrons. The van der Waals surface area contributed by atoms with Crippen LogP contribution in [0, 0.1) is 0 Å². The zero-order chi connectivity index (χ0) is 24.3. The minimum atomic E-state index is -0.994. The lowest BCUT2D eigenvalue weighted by molar-refractivity contribution is -0.142. The molecule has 1 unspecified atom stereocenters. The summed E-state index contributed by atoms with van der Waals surface area (Å²) in [5, 5.41) is 2.94. The zero-order valence-corrected chi connectivity index (χ0v) is 19.6. The first kappa shape index (κ1) is 24.3. The van der Waals surface area contributed by atoms with Gasteiger partial charge in [-0.25, -0.2) is 9.59 Å². The summed E-state index contributed by atoms with van der Waals surface area (Å²) < 4.78 is 7.19. The van der Waals surface area contributed by atoms with Crippen LogP contribution in [0.15, 0.2) is 58.3 Å². The van der Waals surface area contributed by atoms with Crippen LogP contribution in [-0.2, 0) is 30.0 Å². The van der Waals surface area contributed by atoms with Gasteiger partial charge in [0.15, 0.2) is 0 Å². The van der Waals surface area contributed by atoms with Gasteiger partial charge in [-0.3, -0.25) is 14.2 Å². The third kappa shape index (κ3) is 5.18. The third-order valence-corrected chi connectivity index (χ3v) is 5.76. The maximum absolute atomic E-state index is 12.7. The number of rotatable bonds is 6. The Morgan fingerprint density at radius 3 is 2.21 bits per heavy atom. The molecule has 1 heterocycles. The first-order valence-corrected chi connectivity index (χ1v) is 10.6. The van der Waals surface area contributed by atoms with Crippen molar-refractivity contribution in [2.24, 2.45) is 14.1 Å². The lowest BCUT2D eigenvalue weighted by Gasteiger charge is -2.18. The number of carbonyl (C=O) groups excluding carboxylic acids is 2. The van der Waals surface area contributed by atoms with Gasteiger partial charge < -0.3 is 14.6 Å². The van der Waals surface area contributed by atoms with Crippen molar-refractivity contribution in [1.82, 2.24) is 14.5 Å². The average Bonchev–Trinajstić information content (AvgIpc) is 2.79. The van der Waals surface area contributed by atoms with E-state index in [2.05, 4.69) is 5.32 Å². The van der Waals surface area contributed by atoms with E-state index in [0.29, 0.717) is 16.7 Å². The van der Waals surface area contributed by atoms with Gasteiger partial charge in [-0.1, -0.05) is 53.5 Å². The fourth-order valence-corrected chi connectivity index (χ4v) is 3.91. The lowest BCUT2D eigenvalue weighted by Crippen LogP contribution is -2.43. The van der Waals surface area contributed by atoms with Crippen molar-refractivity contribution in [3.05, 3.63) is 90.7 Å². The Bertz CT molecular complexity index is 1310. The Hall–Kier alpha value is -3.36. The maximum Gasteiger partial charge on any atom is 0.330 e. The van der Waals surface area contributed by atoms with E-state index >= 15 is 0 Å². The fourth-order valence-electron chi connectivity index (χ4n) is 3.34. The van der Waals surface area contributed by atoms with Crippen LogP contribution in [0.25, 0.3) is 11.1 Å². The predicted octanol–water partition coefficient (Wildman–Crippen LogP) is 2.57. The minimum absolute atomic E-state index is 0.0654. The average molecular weight is 490 g/mol. The molecule has 33 heavy (non-hydrogen) atoms. The Balaban J connectivity index is 1.85. The number of nitrogens with one attached hydrogen (secondary N) is 1. The molecule has 0 spiro atoms. The minimum Gasteiger partial charge on any atom is -0.467 e. The number of ether oxygens (including phenoxy) is 1. The Morgan fingerprint density at radius 2 is 1.64 bits per heavy atom. The Morgan fingerprint density at radius 1 is 1.03 bits per heavy atom. The van der Waals surface area contributed by atoms with Gasteiger partial charge in [-0.05, 0) is 23.3 Å². The molecule has 1 atom stereocenters. The largest absolute Gasteiger partial charge is 0.467 e. The van der Waals surface area contributed by atoms with E-state index in [9.17, 15) is 19.2 Å². The standard InChI is InChI=1S/C23H21Cl2N3O5/c1-27-12-15(21(30)28(2)23(27)32)14-9-7-13(8-10-14)11-18(22(31)33-3)26-20(29)19-16(24)5-4-6-17(19)25/h4-10,12,18H,11H2,1-3H3,(H,26,29). The molecule has 0 radical (unpaired) electrons. The smallest absolute Gasteiger partial charge is 0.330 e. The molecule has 0 aliphatic rings. The van der Waals surface area contributed by atoms with Crippen molar-refractivity contribution in [3.63, 3.8) is 0 Å². The van der Waals surface area contributed by atoms with Gasteiger partial charge in [0.1, 0.15) is 6.04 Å². The van der Waals surface area contributed by atoms with Crippen LogP contribution in [-0.4, -0.2) is 34.2 Å². The number of hydrogen-bond acceptors (Lipinski definition) is 5. The number of esters is 1. The highest BCUT2D eigenvalue weighted by Crippen LogP contribution is 2.24. The topological polar surface area (TPSA) is 99.4 Å². The second-order valence-corrected chi connectivity index (χ2v) is 8.16. The van der Waals surface area contributed by atoms with Gasteiger partial charge in [-0.15, -0.1) is 0 Å². The predicted molar refractivity (Wildman–Crippen MR) is 126 cm³/mol. The zero-order valence-electron chi connectivity index (χ0n) is 18.1. The van der Waals surface area contributed by atoms with Gasteiger partial charge in [-0.2, -0.15) is 0 Å². The summed E-state index contributed by atoms with van der Waals surface area (Å²) >= 11 is 12.2. The van der Waals surface area contributed by atoms with Gasteiger partial charge >= 0.3 is 11.7 Å². The number of aromatic nitrogens is 2. The van der Waals surface area contributed by atoms with E-state index in [4.69, 9.17) is 27.9 Å². The molecule has 0 bridgehead atoms. The first-order valence-electron chi connectivity index (χ1n) is 9.82. The molecule has 3 rings (SSSR count). The highest BCUT2D eigenvalue weighted by atomic mass is 35.5. The van der Waals surface area contributed by atoms with Crippen molar-refractivity contribution >= 4 is 35.1 Å². The van der Waals surface area contributed by atoms with Gasteiger partial charge in [0.25, 0.3) is 11.5 Å². The number of carbonyl (C=O) groups is 2. The van der Waals surface area contributed by atoms with E-state index in [-0.39, 0.29) is 22.0 Å². The van der Waals surface area contributed by atoms with Gasteiger partial charge in [0.2, 0.25) is 0 Å². The van der Waals surface area contributed by atoms with E-state index in [1.54, 1.807) is 37.4 Å². The molecule has 3 aromatic rings. The summed E-state index contributed by atoms with van der Waals surface area (Å²) in [6.45, 7) is 0. The summed E-state index contributed by atoms with van der Waals surface area (Å²) in [7, 11) is 4.20. The number of halogens is 2. The number of methoxy groups -OCH3 is 1. The summed E-state index contributed by atoms with van der Waals surface area (Å²) in [6, 6.07) is 10.5. The van der Waals surface area contributed by atoms with Crippen LogP contribution >= 0.6 is 23.2 Å². The molecule has 1 N–H and O–H groups in total. The number of nitrogens with zero attached hydrogens (tertiary/aromatic N) is 2. The van der Waals surface area contributed by atoms with Crippen molar-refractivity contribution in [1.29, 1.82) is 0 Å². The van der Waals surface area contributed by atoms with Gasteiger partial charge in [0.05, 0.1) is 28.3 Å². The van der Waals surface area contributed by atoms with Crippen molar-refractivity contribution in [3.8, 4) is 11.1 Å². The molecular formula is C23H21Cl2N3O5. The van der Waals surface area contributed by atoms with Crippen LogP contribution in [0.4, 0.5) is 0 Å². The maximum atomic E-state index is 12.7. The Labute approximate surface area is 199 Å². The Kier molecular flexibility index (Phi) is 7.40. The lowest BCUT2D eigenvalue weighted by atomic mass is 10.0. The van der Waals surface area contributed by atoms with Crippen LogP contribution in [0.1, 0.15) is 15.9 Å². The number of amides is 1. The van der Waals surface area contributed by atoms with Crippen LogP contribution in [0.3, 0.4) is 0 Å². The molecule has 1 aromatic heterocycles. The van der Waals surface area contributed by atoms with Crippen LogP contribution in [0.5, 0.6) is 0 Å². The molecule has 0 aliphatic carbocycles. The molecule has 8 nitrogen and oxygen atoms in total. The highest BCUT2D eigenvalue weighted by molar-refractivity contribution is 6.39. The molecule has 10 heteroatoms. The van der Waals surface area contributed by atoms with E-state index in [1.807, 2.05) is 0 Å². The van der Waals surface area contributed by atoms with Crippen LogP contribution < -0.4 is 16.6 Å². The quantitative estimate of drug-likeness (QED) is 0.536. The van der Waals surface area contributed by atoms with E-state index in [1.165, 1.54) is 37.1 Å². The second-order valence-electron chi connectivity index (χ2n) is 7.35. The highest BCUT2D eigenvalue weighted by Gasteiger charge is 2.25. The van der Waals surface area contributed by atoms with Crippen molar-refractivity contribution in [2.45, 2.75) is 12.5 Å².